The lowest BCUT2D eigenvalue weighted by molar-refractivity contribution is -0.117. The molecule has 31 heavy (non-hydrogen) atoms. The largest absolute Gasteiger partial charge is 0.324 e. The Labute approximate surface area is 180 Å². The van der Waals surface area contributed by atoms with Crippen LogP contribution >= 0.6 is 0 Å². The molecule has 0 atom stereocenters. The Kier molecular flexibility index (Phi) is 4.71. The molecule has 0 bridgehead atoms. The maximum Gasteiger partial charge on any atom is 0.243 e. The van der Waals surface area contributed by atoms with Crippen LogP contribution in [0.15, 0.2) is 59.6 Å². The third-order valence-electron chi connectivity index (χ3n) is 5.66. The molecule has 1 N–H and O–H groups in total. The molecular formula is C22H21N5O3S. The fourth-order valence-corrected chi connectivity index (χ4v) is 5.24. The van der Waals surface area contributed by atoms with Crippen LogP contribution in [0.2, 0.25) is 0 Å². The Hall–Kier alpha value is -3.30. The number of carbonyl (C=O) groups excluding carboxylic acids is 1. The van der Waals surface area contributed by atoms with Crippen LogP contribution in [0.4, 0.5) is 17.3 Å². The molecule has 0 saturated carbocycles. The van der Waals surface area contributed by atoms with E-state index in [0.29, 0.717) is 30.4 Å². The minimum atomic E-state index is -3.41. The number of fused-ring (bicyclic) bond motifs is 3. The molecule has 2 aliphatic rings. The highest BCUT2D eigenvalue weighted by molar-refractivity contribution is 7.89. The molecule has 0 aliphatic carbocycles. The molecule has 3 aromatic rings. The van der Waals surface area contributed by atoms with Crippen LogP contribution in [0.1, 0.15) is 12.0 Å². The number of anilines is 3. The Morgan fingerprint density at radius 2 is 1.77 bits per heavy atom. The summed E-state index contributed by atoms with van der Waals surface area (Å²) in [6, 6.07) is 14.2. The van der Waals surface area contributed by atoms with Gasteiger partial charge in [0.2, 0.25) is 21.9 Å². The van der Waals surface area contributed by atoms with Gasteiger partial charge in [0, 0.05) is 43.1 Å². The van der Waals surface area contributed by atoms with Crippen molar-refractivity contribution in [1.82, 2.24) is 14.3 Å². The van der Waals surface area contributed by atoms with Crippen molar-refractivity contribution in [2.24, 2.45) is 0 Å². The maximum atomic E-state index is 12.5. The van der Waals surface area contributed by atoms with E-state index in [1.54, 1.807) is 42.4 Å². The first kappa shape index (κ1) is 19.7. The first-order chi connectivity index (χ1) is 14.9. The number of aromatic nitrogens is 2. The summed E-state index contributed by atoms with van der Waals surface area (Å²) < 4.78 is 26.5. The van der Waals surface area contributed by atoms with E-state index in [0.717, 1.165) is 23.2 Å². The van der Waals surface area contributed by atoms with Crippen molar-refractivity contribution in [1.29, 1.82) is 0 Å². The fourth-order valence-electron chi connectivity index (χ4n) is 3.73. The predicted molar refractivity (Wildman–Crippen MR) is 118 cm³/mol. The van der Waals surface area contributed by atoms with Crippen LogP contribution in [0.25, 0.3) is 11.3 Å². The lowest BCUT2D eigenvalue weighted by Gasteiger charge is -2.29. The number of benzene rings is 2. The van der Waals surface area contributed by atoms with Gasteiger partial charge in [0.05, 0.1) is 22.7 Å². The Bertz CT molecular complexity index is 1270. The standard InChI is InChI=1S/C22H21N5O3S/c1-26-19-6-3-2-5-18(19)21-15(13-20(26)28)14-23-22(25-21)24-16-7-9-17(10-8-16)31(29,30)27-11-4-12-27/h2-3,5-10,14H,4,11-13H2,1H3,(H,23,24,25). The van der Waals surface area contributed by atoms with Crippen molar-refractivity contribution in [2.45, 2.75) is 17.7 Å². The Morgan fingerprint density at radius 3 is 2.48 bits per heavy atom. The Morgan fingerprint density at radius 1 is 1.03 bits per heavy atom. The molecular weight excluding hydrogens is 414 g/mol. The second-order valence-corrected chi connectivity index (χ2v) is 9.56. The number of sulfonamides is 1. The van der Waals surface area contributed by atoms with Crippen LogP contribution in [-0.4, -0.2) is 48.7 Å². The number of hydrogen-bond donors (Lipinski definition) is 1. The van der Waals surface area contributed by atoms with Gasteiger partial charge in [0.1, 0.15) is 0 Å². The van der Waals surface area contributed by atoms with Gasteiger partial charge in [-0.3, -0.25) is 4.79 Å². The summed E-state index contributed by atoms with van der Waals surface area (Å²) in [7, 11) is -1.65. The summed E-state index contributed by atoms with van der Waals surface area (Å²) in [6.45, 7) is 1.15. The van der Waals surface area contributed by atoms with Crippen molar-refractivity contribution in [3.63, 3.8) is 0 Å². The van der Waals surface area contributed by atoms with Crippen molar-refractivity contribution in [2.75, 3.05) is 30.4 Å². The van der Waals surface area contributed by atoms with Gasteiger partial charge in [-0.2, -0.15) is 4.31 Å². The summed E-state index contributed by atoms with van der Waals surface area (Å²) in [5.41, 5.74) is 3.83. The molecule has 158 valence electrons. The minimum absolute atomic E-state index is 0.0190. The quantitative estimate of drug-likeness (QED) is 0.677. The lowest BCUT2D eigenvalue weighted by Crippen LogP contribution is -2.41. The molecule has 2 aliphatic heterocycles. The number of carbonyl (C=O) groups is 1. The third kappa shape index (κ3) is 3.45. The van der Waals surface area contributed by atoms with Crippen molar-refractivity contribution in [3.8, 4) is 11.3 Å². The number of hydrogen-bond acceptors (Lipinski definition) is 6. The van der Waals surface area contributed by atoms with Gasteiger partial charge in [-0.25, -0.2) is 18.4 Å². The first-order valence-electron chi connectivity index (χ1n) is 10.0. The summed E-state index contributed by atoms with van der Waals surface area (Å²) >= 11 is 0. The van der Waals surface area contributed by atoms with E-state index in [2.05, 4.69) is 15.3 Å². The van der Waals surface area contributed by atoms with E-state index < -0.39 is 10.0 Å². The zero-order chi connectivity index (χ0) is 21.6. The van der Waals surface area contributed by atoms with Crippen LogP contribution in [-0.2, 0) is 21.2 Å². The molecule has 9 heteroatoms. The maximum absolute atomic E-state index is 12.5. The highest BCUT2D eigenvalue weighted by atomic mass is 32.2. The van der Waals surface area contributed by atoms with E-state index in [1.165, 1.54) is 4.31 Å². The average molecular weight is 436 g/mol. The van der Waals surface area contributed by atoms with Crippen molar-refractivity contribution < 1.29 is 13.2 Å². The molecule has 1 fully saturated rings. The number of amides is 1. The molecule has 5 rings (SSSR count). The zero-order valence-electron chi connectivity index (χ0n) is 16.9. The lowest BCUT2D eigenvalue weighted by atomic mass is 10.1. The molecule has 0 spiro atoms. The smallest absolute Gasteiger partial charge is 0.243 e. The first-order valence-corrected chi connectivity index (χ1v) is 11.5. The predicted octanol–water partition coefficient (Wildman–Crippen LogP) is 2.80. The number of likely N-dealkylation sites (N-methyl/N-ethyl adjacent to an activating group) is 1. The number of para-hydroxylation sites is 1. The van der Waals surface area contributed by atoms with Gasteiger partial charge in [0.15, 0.2) is 0 Å². The van der Waals surface area contributed by atoms with Gasteiger partial charge in [-0.15, -0.1) is 0 Å². The molecule has 2 aromatic carbocycles. The molecule has 1 amide bonds. The highest BCUT2D eigenvalue weighted by Crippen LogP contribution is 2.35. The zero-order valence-corrected chi connectivity index (χ0v) is 17.8. The molecule has 8 nitrogen and oxygen atoms in total. The highest BCUT2D eigenvalue weighted by Gasteiger charge is 2.29. The van der Waals surface area contributed by atoms with Crippen LogP contribution in [0.3, 0.4) is 0 Å². The summed E-state index contributed by atoms with van der Waals surface area (Å²) in [4.78, 5) is 23.5. The molecule has 1 saturated heterocycles. The normalized spacial score (nSPS) is 16.2. The monoisotopic (exact) mass is 435 g/mol. The number of nitrogens with zero attached hydrogens (tertiary/aromatic N) is 4. The van der Waals surface area contributed by atoms with Crippen LogP contribution in [0, 0.1) is 0 Å². The second kappa shape index (κ2) is 7.44. The molecule has 1 aromatic heterocycles. The van der Waals surface area contributed by atoms with Crippen LogP contribution in [0.5, 0.6) is 0 Å². The summed E-state index contributed by atoms with van der Waals surface area (Å²) in [6.07, 6.45) is 2.80. The summed E-state index contributed by atoms with van der Waals surface area (Å²) in [5.74, 6) is 0.360. The molecule has 3 heterocycles. The van der Waals surface area contributed by atoms with E-state index in [-0.39, 0.29) is 17.2 Å². The van der Waals surface area contributed by atoms with E-state index in [9.17, 15) is 13.2 Å². The van der Waals surface area contributed by atoms with E-state index >= 15 is 0 Å². The molecule has 0 unspecified atom stereocenters. The minimum Gasteiger partial charge on any atom is -0.324 e. The summed E-state index contributed by atoms with van der Waals surface area (Å²) in [5, 5.41) is 3.13. The molecule has 0 radical (unpaired) electrons. The van der Waals surface area contributed by atoms with E-state index in [4.69, 9.17) is 0 Å². The Balaban J connectivity index is 1.45. The second-order valence-electron chi connectivity index (χ2n) is 7.62. The van der Waals surface area contributed by atoms with Gasteiger partial charge >= 0.3 is 0 Å². The van der Waals surface area contributed by atoms with Crippen molar-refractivity contribution >= 4 is 33.3 Å². The van der Waals surface area contributed by atoms with Gasteiger partial charge in [-0.05, 0) is 36.8 Å². The number of nitrogens with one attached hydrogen (secondary N) is 1. The SMILES string of the molecule is CN1C(=O)Cc2cnc(Nc3ccc(S(=O)(=O)N4CCC4)cc3)nc2-c2ccccc21. The van der Waals surface area contributed by atoms with Gasteiger partial charge < -0.3 is 10.2 Å². The van der Waals surface area contributed by atoms with Gasteiger partial charge in [-0.1, -0.05) is 18.2 Å². The van der Waals surface area contributed by atoms with E-state index in [1.807, 2.05) is 24.3 Å². The fraction of sp³-hybridized carbons (Fsp3) is 0.227. The van der Waals surface area contributed by atoms with Gasteiger partial charge in [0.25, 0.3) is 0 Å². The average Bonchev–Trinajstić information content (AvgIpc) is 2.82. The van der Waals surface area contributed by atoms with Crippen LogP contribution < -0.4 is 10.2 Å². The van der Waals surface area contributed by atoms with Crippen molar-refractivity contribution in [3.05, 3.63) is 60.3 Å². The topological polar surface area (TPSA) is 95.5 Å². The third-order valence-corrected chi connectivity index (χ3v) is 7.58. The number of rotatable bonds is 4.